The van der Waals surface area contributed by atoms with Crippen LogP contribution in [0.3, 0.4) is 0 Å². The molecular weight excluding hydrogens is 423 g/mol. The van der Waals surface area contributed by atoms with Gasteiger partial charge in [-0.1, -0.05) is 30.3 Å². The number of benzene rings is 1. The molecule has 0 aliphatic heterocycles. The Kier molecular flexibility index (Phi) is 14.0. The SMILES string of the molecule is CCNC(=NCC(=O)NCCc1ccccc1)NCCSC.I. The van der Waals surface area contributed by atoms with Crippen LogP contribution in [-0.2, 0) is 11.2 Å². The number of nitrogens with zero attached hydrogens (tertiary/aromatic N) is 1. The van der Waals surface area contributed by atoms with Crippen LogP contribution in [-0.4, -0.2) is 50.1 Å². The molecule has 0 atom stereocenters. The fourth-order valence-corrected chi connectivity index (χ4v) is 2.12. The fraction of sp³-hybridized carbons (Fsp3) is 0.500. The highest BCUT2D eigenvalue weighted by atomic mass is 127. The summed E-state index contributed by atoms with van der Waals surface area (Å²) in [6, 6.07) is 10.1. The minimum atomic E-state index is -0.0574. The first-order valence-electron chi connectivity index (χ1n) is 7.58. The number of amides is 1. The van der Waals surface area contributed by atoms with Crippen LogP contribution in [0.2, 0.25) is 0 Å². The van der Waals surface area contributed by atoms with Crippen LogP contribution in [0.4, 0.5) is 0 Å². The molecule has 5 nitrogen and oxygen atoms in total. The number of aliphatic imine (C=N–C) groups is 1. The summed E-state index contributed by atoms with van der Waals surface area (Å²) >= 11 is 1.77. The number of rotatable bonds is 9. The zero-order valence-electron chi connectivity index (χ0n) is 13.8. The highest BCUT2D eigenvalue weighted by molar-refractivity contribution is 14.0. The minimum absolute atomic E-state index is 0. The Bertz CT molecular complexity index is 457. The third kappa shape index (κ3) is 11.2. The Balaban J connectivity index is 0.00000484. The van der Waals surface area contributed by atoms with Crippen molar-refractivity contribution in [1.29, 1.82) is 0 Å². The average molecular weight is 450 g/mol. The van der Waals surface area contributed by atoms with Crippen molar-refractivity contribution in [3.63, 3.8) is 0 Å². The lowest BCUT2D eigenvalue weighted by molar-refractivity contribution is -0.119. The smallest absolute Gasteiger partial charge is 0.241 e. The molecule has 0 bridgehead atoms. The number of thioether (sulfide) groups is 1. The topological polar surface area (TPSA) is 65.5 Å². The van der Waals surface area contributed by atoms with Crippen LogP contribution < -0.4 is 16.0 Å². The summed E-state index contributed by atoms with van der Waals surface area (Å²) < 4.78 is 0. The predicted molar refractivity (Wildman–Crippen MR) is 111 cm³/mol. The summed E-state index contributed by atoms with van der Waals surface area (Å²) in [5.41, 5.74) is 1.22. The Labute approximate surface area is 160 Å². The lowest BCUT2D eigenvalue weighted by Crippen LogP contribution is -2.39. The van der Waals surface area contributed by atoms with E-state index in [1.54, 1.807) is 11.8 Å². The molecule has 1 aromatic carbocycles. The first-order valence-corrected chi connectivity index (χ1v) is 8.97. The van der Waals surface area contributed by atoms with Gasteiger partial charge in [0.05, 0.1) is 0 Å². The van der Waals surface area contributed by atoms with Gasteiger partial charge in [-0.2, -0.15) is 11.8 Å². The van der Waals surface area contributed by atoms with E-state index >= 15 is 0 Å². The number of nitrogens with one attached hydrogen (secondary N) is 3. The van der Waals surface area contributed by atoms with Crippen LogP contribution in [0.1, 0.15) is 12.5 Å². The number of carbonyl (C=O) groups is 1. The van der Waals surface area contributed by atoms with Crippen LogP contribution >= 0.6 is 35.7 Å². The second kappa shape index (κ2) is 14.6. The van der Waals surface area contributed by atoms with Crippen molar-refractivity contribution in [2.75, 3.05) is 38.2 Å². The van der Waals surface area contributed by atoms with E-state index in [9.17, 15) is 4.79 Å². The van der Waals surface area contributed by atoms with E-state index in [2.05, 4.69) is 39.3 Å². The number of carbonyl (C=O) groups excluding carboxylic acids is 1. The van der Waals surface area contributed by atoms with Gasteiger partial charge in [0.1, 0.15) is 6.54 Å². The molecule has 0 aromatic heterocycles. The highest BCUT2D eigenvalue weighted by Gasteiger charge is 2.01. The van der Waals surface area contributed by atoms with E-state index in [0.29, 0.717) is 12.5 Å². The molecular formula is C16H27IN4OS. The normalized spacial score (nSPS) is 10.6. The molecule has 1 aromatic rings. The Hall–Kier alpha value is -0.960. The van der Waals surface area contributed by atoms with Gasteiger partial charge in [0.15, 0.2) is 5.96 Å². The van der Waals surface area contributed by atoms with E-state index in [4.69, 9.17) is 0 Å². The maximum Gasteiger partial charge on any atom is 0.241 e. The third-order valence-electron chi connectivity index (χ3n) is 2.90. The van der Waals surface area contributed by atoms with Crippen molar-refractivity contribution in [1.82, 2.24) is 16.0 Å². The maximum atomic E-state index is 11.8. The number of hydrogen-bond acceptors (Lipinski definition) is 3. The summed E-state index contributed by atoms with van der Waals surface area (Å²) in [6.07, 6.45) is 2.90. The largest absolute Gasteiger partial charge is 0.357 e. The van der Waals surface area contributed by atoms with Crippen LogP contribution in [0.15, 0.2) is 35.3 Å². The summed E-state index contributed by atoms with van der Waals surface area (Å²) in [7, 11) is 0. The van der Waals surface area contributed by atoms with E-state index in [1.165, 1.54) is 5.56 Å². The van der Waals surface area contributed by atoms with Gasteiger partial charge >= 0.3 is 0 Å². The minimum Gasteiger partial charge on any atom is -0.357 e. The molecule has 0 heterocycles. The first kappa shape index (κ1) is 22.0. The fourth-order valence-electron chi connectivity index (χ4n) is 1.81. The molecule has 0 unspecified atom stereocenters. The summed E-state index contributed by atoms with van der Waals surface area (Å²) in [6.45, 7) is 4.40. The monoisotopic (exact) mass is 450 g/mol. The van der Waals surface area contributed by atoms with Gasteiger partial charge in [0.25, 0.3) is 0 Å². The molecule has 0 saturated heterocycles. The van der Waals surface area contributed by atoms with E-state index < -0.39 is 0 Å². The molecule has 23 heavy (non-hydrogen) atoms. The molecule has 1 rings (SSSR count). The third-order valence-corrected chi connectivity index (χ3v) is 3.51. The molecule has 0 spiro atoms. The quantitative estimate of drug-likeness (QED) is 0.233. The number of guanidine groups is 1. The molecule has 1 amide bonds. The van der Waals surface area contributed by atoms with Gasteiger partial charge in [-0.05, 0) is 25.2 Å². The zero-order valence-corrected chi connectivity index (χ0v) is 16.9. The Morgan fingerprint density at radius 3 is 2.52 bits per heavy atom. The second-order valence-electron chi connectivity index (χ2n) is 4.70. The molecule has 3 N–H and O–H groups in total. The van der Waals surface area contributed by atoms with Crippen LogP contribution in [0.5, 0.6) is 0 Å². The predicted octanol–water partition coefficient (Wildman–Crippen LogP) is 1.88. The van der Waals surface area contributed by atoms with E-state index in [-0.39, 0.29) is 36.4 Å². The van der Waals surface area contributed by atoms with Crippen LogP contribution in [0, 0.1) is 0 Å². The molecule has 0 radical (unpaired) electrons. The van der Waals surface area contributed by atoms with E-state index in [0.717, 1.165) is 25.3 Å². The molecule has 0 fully saturated rings. The molecule has 130 valence electrons. The van der Waals surface area contributed by atoms with Gasteiger partial charge in [-0.3, -0.25) is 4.79 Å². The molecule has 0 aliphatic rings. The van der Waals surface area contributed by atoms with Crippen LogP contribution in [0.25, 0.3) is 0 Å². The van der Waals surface area contributed by atoms with Gasteiger partial charge in [0.2, 0.25) is 5.91 Å². The highest BCUT2D eigenvalue weighted by Crippen LogP contribution is 1.97. The van der Waals surface area contributed by atoms with Gasteiger partial charge in [-0.25, -0.2) is 4.99 Å². The summed E-state index contributed by atoms with van der Waals surface area (Å²) in [4.78, 5) is 16.1. The molecule has 0 aliphatic carbocycles. The maximum absolute atomic E-state index is 11.8. The second-order valence-corrected chi connectivity index (χ2v) is 5.69. The van der Waals surface area contributed by atoms with Crippen molar-refractivity contribution in [2.45, 2.75) is 13.3 Å². The van der Waals surface area contributed by atoms with Crippen molar-refractivity contribution in [3.8, 4) is 0 Å². The van der Waals surface area contributed by atoms with Gasteiger partial charge in [0, 0.05) is 25.4 Å². The van der Waals surface area contributed by atoms with Gasteiger partial charge in [-0.15, -0.1) is 24.0 Å². The Morgan fingerprint density at radius 1 is 1.13 bits per heavy atom. The summed E-state index contributed by atoms with van der Waals surface area (Å²) in [5, 5.41) is 9.22. The average Bonchev–Trinajstić information content (AvgIpc) is 2.54. The van der Waals surface area contributed by atoms with Crippen molar-refractivity contribution < 1.29 is 4.79 Å². The van der Waals surface area contributed by atoms with Gasteiger partial charge < -0.3 is 16.0 Å². The first-order chi connectivity index (χ1) is 10.8. The lowest BCUT2D eigenvalue weighted by atomic mass is 10.1. The number of hydrogen-bond donors (Lipinski definition) is 3. The molecule has 0 saturated carbocycles. The van der Waals surface area contributed by atoms with Crippen molar-refractivity contribution in [3.05, 3.63) is 35.9 Å². The number of halogens is 1. The molecule has 7 heteroatoms. The Morgan fingerprint density at radius 2 is 1.87 bits per heavy atom. The summed E-state index contributed by atoms with van der Waals surface area (Å²) in [5.74, 6) is 1.64. The van der Waals surface area contributed by atoms with Crippen molar-refractivity contribution >= 4 is 47.6 Å². The lowest BCUT2D eigenvalue weighted by Gasteiger charge is -2.10. The zero-order chi connectivity index (χ0) is 16.0. The standard InChI is InChI=1S/C16H26N4OS.HI/c1-3-17-16(19-11-12-22-2)20-13-15(21)18-10-9-14-7-5-4-6-8-14;/h4-8H,3,9-13H2,1-2H3,(H,18,21)(H2,17,19,20);1H. The van der Waals surface area contributed by atoms with Crippen molar-refractivity contribution in [2.24, 2.45) is 4.99 Å². The van der Waals surface area contributed by atoms with E-state index in [1.807, 2.05) is 25.1 Å².